The maximum absolute atomic E-state index is 8.29. The van der Waals surface area contributed by atoms with Gasteiger partial charge in [-0.3, -0.25) is 5.21 Å². The van der Waals surface area contributed by atoms with Gasteiger partial charge in [0, 0.05) is 4.47 Å². The number of nitrogens with two attached hydrogens (primary N) is 1. The van der Waals surface area contributed by atoms with Gasteiger partial charge in [-0.1, -0.05) is 28.1 Å². The van der Waals surface area contributed by atoms with Crippen molar-refractivity contribution in [1.29, 1.82) is 0 Å². The SMILES string of the molecule is N/C(=N\N=C\c1cccc(Br)c1)NO. The minimum Gasteiger partial charge on any atom is -0.367 e. The van der Waals surface area contributed by atoms with Crippen LogP contribution >= 0.6 is 15.9 Å². The van der Waals surface area contributed by atoms with Crippen molar-refractivity contribution < 1.29 is 5.21 Å². The van der Waals surface area contributed by atoms with Crippen molar-refractivity contribution in [1.82, 2.24) is 5.48 Å². The first-order valence-corrected chi connectivity index (χ1v) is 4.54. The Labute approximate surface area is 89.4 Å². The second-order valence-corrected chi connectivity index (χ2v) is 3.31. The van der Waals surface area contributed by atoms with Crippen molar-refractivity contribution in [2.45, 2.75) is 0 Å². The van der Waals surface area contributed by atoms with Gasteiger partial charge in [-0.2, -0.15) is 5.10 Å². The quantitative estimate of drug-likeness (QED) is 0.421. The average molecular weight is 257 g/mol. The number of nitrogens with zero attached hydrogens (tertiary/aromatic N) is 2. The van der Waals surface area contributed by atoms with Gasteiger partial charge in [0.25, 0.3) is 0 Å². The van der Waals surface area contributed by atoms with E-state index in [4.69, 9.17) is 10.9 Å². The summed E-state index contributed by atoms with van der Waals surface area (Å²) in [6.07, 6.45) is 1.52. The number of halogens is 1. The predicted octanol–water partition coefficient (Wildman–Crippen LogP) is 1.08. The highest BCUT2D eigenvalue weighted by Gasteiger charge is 1.88. The lowest BCUT2D eigenvalue weighted by Gasteiger charge is -1.93. The molecule has 0 heterocycles. The minimum absolute atomic E-state index is 0.156. The van der Waals surface area contributed by atoms with Crippen LogP contribution in [-0.2, 0) is 0 Å². The van der Waals surface area contributed by atoms with Gasteiger partial charge in [-0.15, -0.1) is 5.10 Å². The number of benzene rings is 1. The Hall–Kier alpha value is -1.40. The van der Waals surface area contributed by atoms with Gasteiger partial charge in [0.1, 0.15) is 0 Å². The molecule has 5 nitrogen and oxygen atoms in total. The zero-order valence-electron chi connectivity index (χ0n) is 7.18. The number of hydroxylamine groups is 1. The third-order valence-corrected chi connectivity index (χ3v) is 1.83. The van der Waals surface area contributed by atoms with Crippen molar-refractivity contribution in [3.05, 3.63) is 34.3 Å². The number of hydrogen-bond acceptors (Lipinski definition) is 3. The van der Waals surface area contributed by atoms with Gasteiger partial charge < -0.3 is 5.73 Å². The summed E-state index contributed by atoms with van der Waals surface area (Å²) in [6, 6.07) is 7.53. The molecule has 4 N–H and O–H groups in total. The van der Waals surface area contributed by atoms with E-state index in [1.807, 2.05) is 24.3 Å². The third-order valence-electron chi connectivity index (χ3n) is 1.34. The van der Waals surface area contributed by atoms with Crippen LogP contribution in [0.15, 0.2) is 38.9 Å². The lowest BCUT2D eigenvalue weighted by atomic mass is 10.2. The highest BCUT2D eigenvalue weighted by atomic mass is 79.9. The molecule has 0 unspecified atom stereocenters. The smallest absolute Gasteiger partial charge is 0.237 e. The molecule has 0 atom stereocenters. The fraction of sp³-hybridized carbons (Fsp3) is 0. The Balaban J connectivity index is 2.69. The van der Waals surface area contributed by atoms with E-state index in [0.29, 0.717) is 0 Å². The minimum atomic E-state index is -0.156. The fourth-order valence-corrected chi connectivity index (χ4v) is 1.18. The standard InChI is InChI=1S/C8H9BrN4O/c9-7-3-1-2-6(4-7)5-11-12-8(10)13-14/h1-5,14H,(H3,10,12,13)/b11-5+. The van der Waals surface area contributed by atoms with Crippen LogP contribution in [-0.4, -0.2) is 17.4 Å². The van der Waals surface area contributed by atoms with Crippen LogP contribution in [0.3, 0.4) is 0 Å². The summed E-state index contributed by atoms with van der Waals surface area (Å²) in [4.78, 5) is 0. The molecule has 0 aliphatic carbocycles. The van der Waals surface area contributed by atoms with E-state index < -0.39 is 0 Å². The molecule has 74 valence electrons. The van der Waals surface area contributed by atoms with E-state index in [0.717, 1.165) is 10.0 Å². The first-order valence-electron chi connectivity index (χ1n) is 3.74. The van der Waals surface area contributed by atoms with Gasteiger partial charge in [0.05, 0.1) is 6.21 Å². The molecule has 0 spiro atoms. The molecule has 0 fully saturated rings. The monoisotopic (exact) mass is 256 g/mol. The number of nitrogens with one attached hydrogen (secondary N) is 1. The lowest BCUT2D eigenvalue weighted by Crippen LogP contribution is -2.27. The summed E-state index contributed by atoms with van der Waals surface area (Å²) in [5.74, 6) is -0.156. The third kappa shape index (κ3) is 3.55. The fourth-order valence-electron chi connectivity index (χ4n) is 0.767. The molecule has 1 aromatic carbocycles. The van der Waals surface area contributed by atoms with E-state index in [-0.39, 0.29) is 5.96 Å². The van der Waals surface area contributed by atoms with Gasteiger partial charge in [-0.25, -0.2) is 5.48 Å². The molecular weight excluding hydrogens is 248 g/mol. The summed E-state index contributed by atoms with van der Waals surface area (Å²) in [5, 5.41) is 15.4. The van der Waals surface area contributed by atoms with Crippen molar-refractivity contribution in [3.63, 3.8) is 0 Å². The topological polar surface area (TPSA) is 83.0 Å². The molecular formula is C8H9BrN4O. The highest BCUT2D eigenvalue weighted by Crippen LogP contribution is 2.09. The zero-order chi connectivity index (χ0) is 10.4. The largest absolute Gasteiger partial charge is 0.367 e. The highest BCUT2D eigenvalue weighted by molar-refractivity contribution is 9.10. The molecule has 0 aliphatic heterocycles. The Morgan fingerprint density at radius 3 is 3.00 bits per heavy atom. The van der Waals surface area contributed by atoms with E-state index in [1.54, 1.807) is 5.48 Å². The first kappa shape index (κ1) is 10.7. The van der Waals surface area contributed by atoms with Crippen LogP contribution in [0, 0.1) is 0 Å². The van der Waals surface area contributed by atoms with Crippen LogP contribution in [0.4, 0.5) is 0 Å². The Morgan fingerprint density at radius 1 is 1.57 bits per heavy atom. The molecule has 14 heavy (non-hydrogen) atoms. The number of hydrogen-bond donors (Lipinski definition) is 3. The molecule has 0 aromatic heterocycles. The summed E-state index contributed by atoms with van der Waals surface area (Å²) in [6.45, 7) is 0. The summed E-state index contributed by atoms with van der Waals surface area (Å²) in [7, 11) is 0. The van der Waals surface area contributed by atoms with Crippen LogP contribution in [0.25, 0.3) is 0 Å². The predicted molar refractivity (Wildman–Crippen MR) is 58.3 cm³/mol. The van der Waals surface area contributed by atoms with Gasteiger partial charge in [0.2, 0.25) is 5.96 Å². The average Bonchev–Trinajstić information content (AvgIpc) is 2.17. The van der Waals surface area contributed by atoms with Crippen LogP contribution in [0.1, 0.15) is 5.56 Å². The van der Waals surface area contributed by atoms with E-state index in [9.17, 15) is 0 Å². The summed E-state index contributed by atoms with van der Waals surface area (Å²) < 4.78 is 0.957. The normalized spacial score (nSPS) is 12.0. The van der Waals surface area contributed by atoms with Crippen LogP contribution < -0.4 is 11.2 Å². The number of guanidine groups is 1. The van der Waals surface area contributed by atoms with Crippen molar-refractivity contribution in [2.75, 3.05) is 0 Å². The van der Waals surface area contributed by atoms with Gasteiger partial charge >= 0.3 is 0 Å². The maximum atomic E-state index is 8.29. The molecule has 1 rings (SSSR count). The van der Waals surface area contributed by atoms with Crippen molar-refractivity contribution >= 4 is 28.1 Å². The van der Waals surface area contributed by atoms with Crippen molar-refractivity contribution in [3.8, 4) is 0 Å². The summed E-state index contributed by atoms with van der Waals surface area (Å²) in [5.41, 5.74) is 7.68. The first-order chi connectivity index (χ1) is 6.72. The van der Waals surface area contributed by atoms with E-state index in [1.165, 1.54) is 6.21 Å². The van der Waals surface area contributed by atoms with Crippen LogP contribution in [0.2, 0.25) is 0 Å². The number of rotatable bonds is 2. The zero-order valence-corrected chi connectivity index (χ0v) is 8.77. The Morgan fingerprint density at radius 2 is 2.36 bits per heavy atom. The molecule has 0 bridgehead atoms. The van der Waals surface area contributed by atoms with Gasteiger partial charge in [-0.05, 0) is 17.7 Å². The van der Waals surface area contributed by atoms with E-state index in [2.05, 4.69) is 26.1 Å². The van der Waals surface area contributed by atoms with Crippen molar-refractivity contribution in [2.24, 2.45) is 15.9 Å². The molecule has 0 radical (unpaired) electrons. The molecule has 6 heteroatoms. The second kappa shape index (κ2) is 5.36. The second-order valence-electron chi connectivity index (χ2n) is 2.40. The summed E-state index contributed by atoms with van der Waals surface area (Å²) >= 11 is 3.32. The maximum Gasteiger partial charge on any atom is 0.237 e. The lowest BCUT2D eigenvalue weighted by molar-refractivity contribution is 0.232. The molecule has 0 saturated carbocycles. The molecule has 0 amide bonds. The Bertz CT molecular complexity index is 364. The van der Waals surface area contributed by atoms with Gasteiger partial charge in [0.15, 0.2) is 0 Å². The molecule has 0 aliphatic rings. The van der Waals surface area contributed by atoms with Crippen LogP contribution in [0.5, 0.6) is 0 Å². The molecule has 1 aromatic rings. The Kier molecular flexibility index (Phi) is 4.09. The van der Waals surface area contributed by atoms with E-state index >= 15 is 0 Å². The molecule has 0 saturated heterocycles.